The van der Waals surface area contributed by atoms with Crippen molar-refractivity contribution < 1.29 is 28.2 Å². The van der Waals surface area contributed by atoms with E-state index in [1.807, 2.05) is 30.3 Å². The van der Waals surface area contributed by atoms with Crippen LogP contribution in [0.1, 0.15) is 37.7 Å². The molecule has 1 aromatic rings. The predicted octanol–water partition coefficient (Wildman–Crippen LogP) is 3.32. The van der Waals surface area contributed by atoms with Crippen molar-refractivity contribution in [3.8, 4) is 0 Å². The maximum atomic E-state index is 13.5. The Kier molecular flexibility index (Phi) is 5.34. The summed E-state index contributed by atoms with van der Waals surface area (Å²) < 4.78 is 24.1. The summed E-state index contributed by atoms with van der Waals surface area (Å²) >= 11 is 6.03. The van der Waals surface area contributed by atoms with Gasteiger partial charge in [-0.1, -0.05) is 30.3 Å². The molecule has 1 heterocycles. The third-order valence-corrected chi connectivity index (χ3v) is 6.38. The fourth-order valence-electron chi connectivity index (χ4n) is 4.56. The molecular formula is C21H21ClFNO5. The molecule has 4 atom stereocenters. The summed E-state index contributed by atoms with van der Waals surface area (Å²) in [4.78, 5) is 37.1. The van der Waals surface area contributed by atoms with Crippen LogP contribution in [0.25, 0.3) is 0 Å². The van der Waals surface area contributed by atoms with Crippen LogP contribution in [0.4, 0.5) is 9.18 Å². The fraction of sp³-hybridized carbons (Fsp3) is 0.476. The molecule has 1 saturated carbocycles. The number of carbonyl (C=O) groups is 3. The minimum Gasteiger partial charge on any atom is -0.433 e. The molecule has 8 heteroatoms. The van der Waals surface area contributed by atoms with E-state index < -0.39 is 41.0 Å². The van der Waals surface area contributed by atoms with Crippen molar-refractivity contribution in [3.05, 3.63) is 47.0 Å². The Balaban J connectivity index is 1.59. The lowest BCUT2D eigenvalue weighted by atomic mass is 9.66. The second-order valence-corrected chi connectivity index (χ2v) is 8.28. The number of alkyl halides is 2. The highest BCUT2D eigenvalue weighted by atomic mass is 35.5. The summed E-state index contributed by atoms with van der Waals surface area (Å²) in [6, 6.07) is 9.20. The first-order chi connectivity index (χ1) is 13.9. The van der Waals surface area contributed by atoms with Gasteiger partial charge in [0, 0.05) is 17.6 Å². The van der Waals surface area contributed by atoms with Gasteiger partial charge in [0.1, 0.15) is 18.9 Å². The molecule has 3 aliphatic rings. The predicted molar refractivity (Wildman–Crippen MR) is 102 cm³/mol. The van der Waals surface area contributed by atoms with Crippen LogP contribution in [0.3, 0.4) is 0 Å². The first-order valence-electron chi connectivity index (χ1n) is 9.67. The highest BCUT2D eigenvalue weighted by molar-refractivity contribution is 6.21. The molecule has 4 unspecified atom stereocenters. The number of halogens is 2. The molecule has 1 N–H and O–H groups in total. The van der Waals surface area contributed by atoms with E-state index in [1.165, 1.54) is 0 Å². The Morgan fingerprint density at radius 1 is 1.21 bits per heavy atom. The van der Waals surface area contributed by atoms with E-state index in [1.54, 1.807) is 0 Å². The summed E-state index contributed by atoms with van der Waals surface area (Å²) in [6.07, 6.45) is -0.928. The number of hydrogen-bond acceptors (Lipinski definition) is 5. The van der Waals surface area contributed by atoms with E-state index in [2.05, 4.69) is 5.32 Å². The van der Waals surface area contributed by atoms with Gasteiger partial charge in [-0.2, -0.15) is 0 Å². The Hall–Kier alpha value is -2.41. The molecule has 6 nitrogen and oxygen atoms in total. The van der Waals surface area contributed by atoms with Gasteiger partial charge in [-0.05, 0) is 31.2 Å². The van der Waals surface area contributed by atoms with Gasteiger partial charge in [-0.15, -0.1) is 11.6 Å². The molecule has 1 aromatic carbocycles. The Bertz CT molecular complexity index is 873. The van der Waals surface area contributed by atoms with Crippen molar-refractivity contribution in [3.63, 3.8) is 0 Å². The number of ether oxygens (including phenoxy) is 2. The van der Waals surface area contributed by atoms with E-state index in [-0.39, 0.29) is 19.4 Å². The molecule has 0 saturated heterocycles. The topological polar surface area (TPSA) is 81.7 Å². The van der Waals surface area contributed by atoms with Gasteiger partial charge in [0.15, 0.2) is 0 Å². The zero-order valence-electron chi connectivity index (χ0n) is 15.7. The zero-order chi connectivity index (χ0) is 20.6. The van der Waals surface area contributed by atoms with E-state index >= 15 is 0 Å². The average molecular weight is 422 g/mol. The monoisotopic (exact) mass is 421 g/mol. The summed E-state index contributed by atoms with van der Waals surface area (Å²) in [6.45, 7) is -0.159. The molecule has 29 heavy (non-hydrogen) atoms. The first kappa shape index (κ1) is 19.9. The SMILES string of the molecule is O=C(OCC1(c2ccccc2)CCCC2=C1C(=O)NC2=O)OC1CC(F)CC1Cl. The normalized spacial score (nSPS) is 31.4. The maximum Gasteiger partial charge on any atom is 0.508 e. The van der Waals surface area contributed by atoms with Gasteiger partial charge in [0.2, 0.25) is 0 Å². The Labute approximate surface area is 172 Å². The number of hydrogen-bond donors (Lipinski definition) is 1. The number of benzene rings is 1. The Morgan fingerprint density at radius 2 is 1.97 bits per heavy atom. The van der Waals surface area contributed by atoms with Crippen LogP contribution in [-0.4, -0.2) is 42.2 Å². The second-order valence-electron chi connectivity index (χ2n) is 7.72. The molecule has 0 spiro atoms. The van der Waals surface area contributed by atoms with E-state index in [9.17, 15) is 18.8 Å². The number of rotatable bonds is 4. The van der Waals surface area contributed by atoms with Gasteiger partial charge in [-0.3, -0.25) is 14.9 Å². The molecule has 154 valence electrons. The zero-order valence-corrected chi connectivity index (χ0v) is 16.4. The maximum absolute atomic E-state index is 13.5. The van der Waals surface area contributed by atoms with Crippen molar-refractivity contribution in [2.45, 2.75) is 55.2 Å². The van der Waals surface area contributed by atoms with Crippen molar-refractivity contribution >= 4 is 29.6 Å². The highest BCUT2D eigenvalue weighted by Crippen LogP contribution is 2.46. The van der Waals surface area contributed by atoms with Gasteiger partial charge in [0.25, 0.3) is 11.8 Å². The third-order valence-electron chi connectivity index (χ3n) is 5.92. The van der Waals surface area contributed by atoms with Crippen LogP contribution in [0.15, 0.2) is 41.5 Å². The molecule has 1 aliphatic heterocycles. The molecular weight excluding hydrogens is 401 g/mol. The number of carbonyl (C=O) groups excluding carboxylic acids is 3. The van der Waals surface area contributed by atoms with Crippen LogP contribution in [0.5, 0.6) is 0 Å². The largest absolute Gasteiger partial charge is 0.508 e. The first-order valence-corrected chi connectivity index (χ1v) is 10.1. The van der Waals surface area contributed by atoms with Crippen LogP contribution < -0.4 is 5.32 Å². The van der Waals surface area contributed by atoms with Gasteiger partial charge in [0.05, 0.1) is 10.8 Å². The van der Waals surface area contributed by atoms with Crippen LogP contribution in [0, 0.1) is 0 Å². The summed E-state index contributed by atoms with van der Waals surface area (Å²) in [5, 5.41) is 1.76. The quantitative estimate of drug-likeness (QED) is 0.458. The van der Waals surface area contributed by atoms with Crippen LogP contribution >= 0.6 is 11.6 Å². The minimum atomic E-state index is -1.11. The molecule has 2 aliphatic carbocycles. The van der Waals surface area contributed by atoms with Gasteiger partial charge in [-0.25, -0.2) is 9.18 Å². The molecule has 0 aromatic heterocycles. The Morgan fingerprint density at radius 3 is 2.66 bits per heavy atom. The van der Waals surface area contributed by atoms with Crippen molar-refractivity contribution in [2.24, 2.45) is 0 Å². The number of amides is 2. The van der Waals surface area contributed by atoms with Crippen LogP contribution in [-0.2, 0) is 24.5 Å². The van der Waals surface area contributed by atoms with E-state index in [0.29, 0.717) is 30.4 Å². The van der Waals surface area contributed by atoms with Gasteiger partial charge >= 0.3 is 6.16 Å². The number of imide groups is 1. The second kappa shape index (κ2) is 7.78. The van der Waals surface area contributed by atoms with Crippen LogP contribution in [0.2, 0.25) is 0 Å². The molecule has 4 rings (SSSR count). The van der Waals surface area contributed by atoms with Crippen molar-refractivity contribution in [2.75, 3.05) is 6.61 Å². The highest BCUT2D eigenvalue weighted by Gasteiger charge is 2.49. The number of nitrogens with one attached hydrogen (secondary N) is 1. The molecule has 1 fully saturated rings. The summed E-state index contributed by atoms with van der Waals surface area (Å²) in [5.74, 6) is -0.847. The standard InChI is InChI=1S/C21H21ClFNO5/c22-15-9-13(23)10-16(15)29-20(27)28-11-21(12-5-2-1-3-6-12)8-4-7-14-17(21)19(26)24-18(14)25/h1-3,5-6,13,15-16H,4,7-11H2,(H,24,25,26). The van der Waals surface area contributed by atoms with Crippen molar-refractivity contribution in [1.29, 1.82) is 0 Å². The van der Waals surface area contributed by atoms with E-state index in [0.717, 1.165) is 5.56 Å². The lowest BCUT2D eigenvalue weighted by Gasteiger charge is -2.37. The lowest BCUT2D eigenvalue weighted by Crippen LogP contribution is -2.41. The van der Waals surface area contributed by atoms with Crippen molar-refractivity contribution in [1.82, 2.24) is 5.32 Å². The lowest BCUT2D eigenvalue weighted by molar-refractivity contribution is -0.124. The molecule has 0 bridgehead atoms. The fourth-order valence-corrected chi connectivity index (χ4v) is 4.90. The molecule has 0 radical (unpaired) electrons. The summed E-state index contributed by atoms with van der Waals surface area (Å²) in [7, 11) is 0. The van der Waals surface area contributed by atoms with Gasteiger partial charge < -0.3 is 9.47 Å². The smallest absolute Gasteiger partial charge is 0.433 e. The average Bonchev–Trinajstić information content (AvgIpc) is 3.18. The third kappa shape index (κ3) is 3.64. The minimum absolute atomic E-state index is 0.0410. The molecule has 2 amide bonds. The summed E-state index contributed by atoms with van der Waals surface area (Å²) in [5.41, 5.74) is 0.638. The van der Waals surface area contributed by atoms with E-state index in [4.69, 9.17) is 21.1 Å².